The number of fused-ring (bicyclic) bond motifs is 1. The molecule has 2 aromatic carbocycles. The number of amides is 1. The molecule has 6 nitrogen and oxygen atoms in total. The summed E-state index contributed by atoms with van der Waals surface area (Å²) in [6, 6.07) is 17.4. The smallest absolute Gasteiger partial charge is 0.253 e. The van der Waals surface area contributed by atoms with Crippen LogP contribution in [0.2, 0.25) is 0 Å². The number of aliphatic hydroxyl groups is 1. The van der Waals surface area contributed by atoms with Crippen molar-refractivity contribution in [2.24, 2.45) is 0 Å². The lowest BCUT2D eigenvalue weighted by Crippen LogP contribution is -2.57. The number of likely N-dealkylation sites (tertiary alicyclic amines) is 1. The molecule has 1 saturated heterocycles. The molecular weight excluding hydrogens is 366 g/mol. The van der Waals surface area contributed by atoms with Crippen LogP contribution in [0.4, 0.5) is 0 Å². The number of ether oxygens (including phenoxy) is 1. The molecule has 29 heavy (non-hydrogen) atoms. The number of benzene rings is 2. The fraction of sp³-hybridized carbons (Fsp3) is 0.348. The van der Waals surface area contributed by atoms with E-state index in [1.165, 1.54) is 0 Å². The zero-order chi connectivity index (χ0) is 20.2. The first-order chi connectivity index (χ1) is 14.1. The molecule has 1 aliphatic rings. The lowest BCUT2D eigenvalue weighted by molar-refractivity contribution is 0.00865. The highest BCUT2D eigenvalue weighted by molar-refractivity contribution is 6.06. The summed E-state index contributed by atoms with van der Waals surface area (Å²) in [6.07, 6.45) is 1.81. The minimum absolute atomic E-state index is 0.153. The Bertz CT molecular complexity index is 956. The second-order valence-electron chi connectivity index (χ2n) is 7.64. The molecule has 4 rings (SSSR count). The Morgan fingerprint density at radius 2 is 1.97 bits per heavy atom. The molecule has 152 valence electrons. The minimum Gasteiger partial charge on any atom is -0.492 e. The zero-order valence-corrected chi connectivity index (χ0v) is 16.5. The monoisotopic (exact) mass is 393 g/mol. The molecule has 3 N–H and O–H groups in total. The van der Waals surface area contributed by atoms with Crippen LogP contribution in [0.1, 0.15) is 23.7 Å². The standard InChI is InChI=1S/C23H27N3O3/c1-16-13-21(25-23(28)19-14-24-20-10-6-5-9-18(19)20)22(27)15-26(16)11-12-29-17-7-3-2-4-8-17/h2-10,14,16,21-22,24,27H,11-13,15H2,1H3,(H,25,28). The number of nitrogens with one attached hydrogen (secondary N) is 2. The van der Waals surface area contributed by atoms with Gasteiger partial charge in [-0.25, -0.2) is 0 Å². The first-order valence-electron chi connectivity index (χ1n) is 10.1. The lowest BCUT2D eigenvalue weighted by atomic mass is 9.95. The van der Waals surface area contributed by atoms with Crippen molar-refractivity contribution in [3.8, 4) is 5.75 Å². The highest BCUT2D eigenvalue weighted by Crippen LogP contribution is 2.21. The quantitative estimate of drug-likeness (QED) is 0.602. The molecule has 3 atom stereocenters. The van der Waals surface area contributed by atoms with Gasteiger partial charge in [-0.05, 0) is 31.5 Å². The number of carbonyl (C=O) groups excluding carboxylic acids is 1. The molecular formula is C23H27N3O3. The van der Waals surface area contributed by atoms with Crippen LogP contribution in [0.25, 0.3) is 10.9 Å². The Labute approximate surface area is 170 Å². The van der Waals surface area contributed by atoms with Crippen molar-refractivity contribution in [3.05, 3.63) is 66.4 Å². The van der Waals surface area contributed by atoms with Crippen molar-refractivity contribution < 1.29 is 14.6 Å². The number of hydrogen-bond donors (Lipinski definition) is 3. The van der Waals surface area contributed by atoms with Crippen molar-refractivity contribution in [1.82, 2.24) is 15.2 Å². The van der Waals surface area contributed by atoms with Crippen LogP contribution in [-0.4, -0.2) is 58.8 Å². The van der Waals surface area contributed by atoms with E-state index >= 15 is 0 Å². The Balaban J connectivity index is 1.32. The molecule has 0 aliphatic carbocycles. The molecule has 0 radical (unpaired) electrons. The average molecular weight is 393 g/mol. The number of β-amino-alcohol motifs (C(OH)–C–C–N with tert-alkyl or cyclic N) is 1. The van der Waals surface area contributed by atoms with E-state index < -0.39 is 6.10 Å². The molecule has 3 aromatic rings. The van der Waals surface area contributed by atoms with E-state index in [-0.39, 0.29) is 18.0 Å². The number of rotatable bonds is 6. The van der Waals surface area contributed by atoms with Crippen LogP contribution in [0.5, 0.6) is 5.75 Å². The second kappa shape index (κ2) is 8.68. The van der Waals surface area contributed by atoms with Crippen LogP contribution in [0.3, 0.4) is 0 Å². The Morgan fingerprint density at radius 3 is 2.79 bits per heavy atom. The first-order valence-corrected chi connectivity index (χ1v) is 10.1. The molecule has 1 aliphatic heterocycles. The van der Waals surface area contributed by atoms with E-state index in [1.807, 2.05) is 54.6 Å². The third-order valence-corrected chi connectivity index (χ3v) is 5.65. The topological polar surface area (TPSA) is 77.6 Å². The van der Waals surface area contributed by atoms with E-state index in [1.54, 1.807) is 6.20 Å². The van der Waals surface area contributed by atoms with Crippen LogP contribution in [0.15, 0.2) is 60.8 Å². The minimum atomic E-state index is -0.614. The summed E-state index contributed by atoms with van der Waals surface area (Å²) < 4.78 is 5.78. The lowest BCUT2D eigenvalue weighted by Gasteiger charge is -2.40. The summed E-state index contributed by atoms with van der Waals surface area (Å²) in [5.41, 5.74) is 1.54. The number of carbonyl (C=O) groups is 1. The molecule has 1 fully saturated rings. The van der Waals surface area contributed by atoms with E-state index in [4.69, 9.17) is 4.74 Å². The van der Waals surface area contributed by atoms with Crippen molar-refractivity contribution in [3.63, 3.8) is 0 Å². The SMILES string of the molecule is CC1CC(NC(=O)c2c[nH]c3ccccc23)C(O)CN1CCOc1ccccc1. The van der Waals surface area contributed by atoms with Crippen LogP contribution >= 0.6 is 0 Å². The predicted molar refractivity (Wildman–Crippen MR) is 113 cm³/mol. The first kappa shape index (κ1) is 19.5. The fourth-order valence-corrected chi connectivity index (χ4v) is 3.99. The number of aromatic amines is 1. The molecule has 0 bridgehead atoms. The molecule has 1 amide bonds. The molecule has 0 saturated carbocycles. The normalized spacial score (nSPS) is 22.5. The molecule has 0 spiro atoms. The van der Waals surface area contributed by atoms with E-state index in [0.717, 1.165) is 23.2 Å². The maximum absolute atomic E-state index is 12.8. The predicted octanol–water partition coefficient (Wildman–Crippen LogP) is 2.80. The van der Waals surface area contributed by atoms with Crippen molar-refractivity contribution >= 4 is 16.8 Å². The van der Waals surface area contributed by atoms with Gasteiger partial charge in [0, 0.05) is 36.2 Å². The maximum atomic E-state index is 12.8. The highest BCUT2D eigenvalue weighted by atomic mass is 16.5. The van der Waals surface area contributed by atoms with Crippen LogP contribution in [0, 0.1) is 0 Å². The third kappa shape index (κ3) is 4.44. The van der Waals surface area contributed by atoms with E-state index in [2.05, 4.69) is 22.1 Å². The average Bonchev–Trinajstić information content (AvgIpc) is 3.16. The maximum Gasteiger partial charge on any atom is 0.253 e. The summed E-state index contributed by atoms with van der Waals surface area (Å²) in [4.78, 5) is 18.1. The fourth-order valence-electron chi connectivity index (χ4n) is 3.99. The van der Waals surface area contributed by atoms with Gasteiger partial charge in [0.25, 0.3) is 5.91 Å². The summed E-state index contributed by atoms with van der Waals surface area (Å²) in [7, 11) is 0. The number of hydrogen-bond acceptors (Lipinski definition) is 4. The number of nitrogens with zero attached hydrogens (tertiary/aromatic N) is 1. The zero-order valence-electron chi connectivity index (χ0n) is 16.5. The van der Waals surface area contributed by atoms with Gasteiger partial charge in [-0.3, -0.25) is 9.69 Å². The Morgan fingerprint density at radius 1 is 1.21 bits per heavy atom. The van der Waals surface area contributed by atoms with E-state index in [9.17, 15) is 9.90 Å². The molecule has 3 unspecified atom stereocenters. The van der Waals surface area contributed by atoms with Gasteiger partial charge in [0.1, 0.15) is 12.4 Å². The molecule has 6 heteroatoms. The number of aliphatic hydroxyl groups excluding tert-OH is 1. The van der Waals surface area contributed by atoms with Gasteiger partial charge < -0.3 is 20.1 Å². The van der Waals surface area contributed by atoms with Crippen molar-refractivity contribution in [2.75, 3.05) is 19.7 Å². The largest absolute Gasteiger partial charge is 0.492 e. The van der Waals surface area contributed by atoms with Gasteiger partial charge in [-0.2, -0.15) is 0 Å². The van der Waals surface area contributed by atoms with Gasteiger partial charge in [-0.15, -0.1) is 0 Å². The highest BCUT2D eigenvalue weighted by Gasteiger charge is 2.33. The van der Waals surface area contributed by atoms with Gasteiger partial charge in [0.2, 0.25) is 0 Å². The number of H-pyrrole nitrogens is 1. The number of aromatic nitrogens is 1. The van der Waals surface area contributed by atoms with Crippen LogP contribution in [-0.2, 0) is 0 Å². The van der Waals surface area contributed by atoms with E-state index in [0.29, 0.717) is 25.1 Å². The van der Waals surface area contributed by atoms with Gasteiger partial charge in [0.05, 0.1) is 17.7 Å². The third-order valence-electron chi connectivity index (χ3n) is 5.65. The summed E-state index contributed by atoms with van der Waals surface area (Å²) in [6.45, 7) is 3.93. The summed E-state index contributed by atoms with van der Waals surface area (Å²) in [5, 5.41) is 14.5. The van der Waals surface area contributed by atoms with Crippen molar-refractivity contribution in [1.29, 1.82) is 0 Å². The van der Waals surface area contributed by atoms with Crippen molar-refractivity contribution in [2.45, 2.75) is 31.5 Å². The van der Waals surface area contributed by atoms with Gasteiger partial charge >= 0.3 is 0 Å². The molecule has 2 heterocycles. The van der Waals surface area contributed by atoms with Gasteiger partial charge in [0.15, 0.2) is 0 Å². The Kier molecular flexibility index (Phi) is 5.83. The summed E-state index contributed by atoms with van der Waals surface area (Å²) in [5.74, 6) is 0.696. The number of piperidine rings is 1. The number of para-hydroxylation sites is 2. The van der Waals surface area contributed by atoms with Crippen LogP contribution < -0.4 is 10.1 Å². The second-order valence-corrected chi connectivity index (χ2v) is 7.64. The van der Waals surface area contributed by atoms with Gasteiger partial charge in [-0.1, -0.05) is 36.4 Å². The Hall–Kier alpha value is -2.83. The summed E-state index contributed by atoms with van der Waals surface area (Å²) >= 11 is 0. The molecule has 1 aromatic heterocycles.